The molecule has 1 amide bonds. The zero-order valence-corrected chi connectivity index (χ0v) is 18.6. The summed E-state index contributed by atoms with van der Waals surface area (Å²) in [5, 5.41) is 11.0. The lowest BCUT2D eigenvalue weighted by molar-refractivity contribution is -0.124. The highest BCUT2D eigenvalue weighted by Crippen LogP contribution is 2.17. The number of pyridine rings is 1. The zero-order chi connectivity index (χ0) is 22.2. The molecule has 0 aliphatic carbocycles. The quantitative estimate of drug-likeness (QED) is 0.296. The number of benzene rings is 2. The maximum Gasteiger partial charge on any atom is 0.267 e. The van der Waals surface area contributed by atoms with Crippen molar-refractivity contribution in [3.8, 4) is 0 Å². The van der Waals surface area contributed by atoms with Crippen molar-refractivity contribution in [1.29, 1.82) is 0 Å². The minimum atomic E-state index is -0.543. The molecule has 0 atom stereocenters. The topological polar surface area (TPSA) is 77.8 Å². The van der Waals surface area contributed by atoms with Crippen LogP contribution in [-0.2, 0) is 17.8 Å². The van der Waals surface area contributed by atoms with Crippen LogP contribution in [0.1, 0.15) is 16.7 Å². The Kier molecular flexibility index (Phi) is 7.66. The lowest BCUT2D eigenvalue weighted by Crippen LogP contribution is -2.30. The largest absolute Gasteiger partial charge is 0.292 e. The first-order valence-electron chi connectivity index (χ1n) is 10.6. The Labute approximate surface area is 192 Å². The maximum absolute atomic E-state index is 11.2. The van der Waals surface area contributed by atoms with Gasteiger partial charge in [-0.2, -0.15) is 0 Å². The van der Waals surface area contributed by atoms with E-state index in [-0.39, 0.29) is 0 Å². The Balaban J connectivity index is 1.42. The van der Waals surface area contributed by atoms with Crippen molar-refractivity contribution in [3.05, 3.63) is 83.6 Å². The second kappa shape index (κ2) is 11.0. The average Bonchev–Trinajstić information content (AvgIpc) is 3.35. The molecule has 7 heteroatoms. The van der Waals surface area contributed by atoms with E-state index >= 15 is 0 Å². The lowest BCUT2D eigenvalue weighted by Gasteiger charge is -2.22. The van der Waals surface area contributed by atoms with Crippen molar-refractivity contribution >= 4 is 39.7 Å². The standard InChI is InChI=1S/C25H26N4O2S/c30-24(28-31)10-9-19-5-7-20(8-6-19)17-29(18-25-26-12-14-32-25)13-11-21-15-22-3-1-2-4-23(22)27-16-21/h1-10,15-16,31H,11-14,17-18H2,(H,28,30)/b10-9+. The van der Waals surface area contributed by atoms with Gasteiger partial charge in [0.05, 0.1) is 10.6 Å². The Hall–Kier alpha value is -3.00. The summed E-state index contributed by atoms with van der Waals surface area (Å²) in [5.74, 6) is 0.526. The predicted molar refractivity (Wildman–Crippen MR) is 131 cm³/mol. The molecule has 2 heterocycles. The molecular formula is C25H26N4O2S. The van der Waals surface area contributed by atoms with Gasteiger partial charge in [-0.25, -0.2) is 5.48 Å². The number of amides is 1. The van der Waals surface area contributed by atoms with E-state index in [0.29, 0.717) is 0 Å². The minimum absolute atomic E-state index is 0.543. The minimum Gasteiger partial charge on any atom is -0.292 e. The first-order valence-corrected chi connectivity index (χ1v) is 11.6. The van der Waals surface area contributed by atoms with Crippen LogP contribution in [0.15, 0.2) is 71.9 Å². The zero-order valence-electron chi connectivity index (χ0n) is 17.8. The first-order chi connectivity index (χ1) is 15.7. The van der Waals surface area contributed by atoms with Gasteiger partial charge in [0.2, 0.25) is 0 Å². The van der Waals surface area contributed by atoms with Gasteiger partial charge in [-0.1, -0.05) is 42.5 Å². The highest BCUT2D eigenvalue weighted by molar-refractivity contribution is 8.14. The van der Waals surface area contributed by atoms with Gasteiger partial charge in [-0.3, -0.25) is 24.9 Å². The van der Waals surface area contributed by atoms with Crippen molar-refractivity contribution in [2.45, 2.75) is 13.0 Å². The van der Waals surface area contributed by atoms with Crippen LogP contribution in [-0.4, -0.2) is 51.4 Å². The third-order valence-electron chi connectivity index (χ3n) is 5.29. The smallest absolute Gasteiger partial charge is 0.267 e. The molecule has 2 N–H and O–H groups in total. The number of carbonyl (C=O) groups excluding carboxylic acids is 1. The molecule has 6 nitrogen and oxygen atoms in total. The first kappa shape index (κ1) is 22.2. The molecule has 164 valence electrons. The molecule has 2 aromatic carbocycles. The molecule has 4 rings (SSSR count). The number of fused-ring (bicyclic) bond motifs is 1. The molecule has 0 bridgehead atoms. The lowest BCUT2D eigenvalue weighted by atomic mass is 10.1. The third-order valence-corrected chi connectivity index (χ3v) is 6.27. The molecule has 1 aliphatic heterocycles. The molecule has 0 fully saturated rings. The number of thioether (sulfide) groups is 1. The molecule has 1 aromatic heterocycles. The van der Waals surface area contributed by atoms with Crippen LogP contribution in [0, 0.1) is 0 Å². The number of aromatic nitrogens is 1. The normalized spacial score (nSPS) is 13.8. The number of nitrogens with zero attached hydrogens (tertiary/aromatic N) is 3. The summed E-state index contributed by atoms with van der Waals surface area (Å²) >= 11 is 1.85. The van der Waals surface area contributed by atoms with E-state index < -0.39 is 5.91 Å². The molecule has 3 aromatic rings. The molecule has 0 saturated heterocycles. The van der Waals surface area contributed by atoms with Gasteiger partial charge in [-0.15, -0.1) is 11.8 Å². The Morgan fingerprint density at radius 2 is 1.97 bits per heavy atom. The van der Waals surface area contributed by atoms with Gasteiger partial charge < -0.3 is 0 Å². The third kappa shape index (κ3) is 6.26. The highest BCUT2D eigenvalue weighted by Gasteiger charge is 2.14. The van der Waals surface area contributed by atoms with Crippen LogP contribution in [0.4, 0.5) is 0 Å². The fourth-order valence-corrected chi connectivity index (χ4v) is 4.50. The summed E-state index contributed by atoms with van der Waals surface area (Å²) in [6, 6.07) is 18.5. The van der Waals surface area contributed by atoms with Crippen molar-refractivity contribution in [2.75, 3.05) is 25.4 Å². The Bertz CT molecular complexity index is 1130. The van der Waals surface area contributed by atoms with E-state index in [4.69, 9.17) is 5.21 Å². The number of hydroxylamine groups is 1. The predicted octanol–water partition coefficient (Wildman–Crippen LogP) is 3.94. The van der Waals surface area contributed by atoms with Crippen LogP contribution < -0.4 is 5.48 Å². The van der Waals surface area contributed by atoms with Crippen molar-refractivity contribution < 1.29 is 10.0 Å². The number of aliphatic imine (C=N–C) groups is 1. The number of hydrogen-bond donors (Lipinski definition) is 2. The van der Waals surface area contributed by atoms with E-state index in [0.717, 1.165) is 49.4 Å². The molecule has 32 heavy (non-hydrogen) atoms. The van der Waals surface area contributed by atoms with E-state index in [1.165, 1.54) is 27.6 Å². The molecular weight excluding hydrogens is 420 g/mol. The van der Waals surface area contributed by atoms with E-state index in [1.54, 1.807) is 11.6 Å². The highest BCUT2D eigenvalue weighted by atomic mass is 32.2. The van der Waals surface area contributed by atoms with Gasteiger partial charge in [0, 0.05) is 49.6 Å². The Morgan fingerprint density at radius 1 is 1.12 bits per heavy atom. The summed E-state index contributed by atoms with van der Waals surface area (Å²) in [4.78, 5) is 22.8. The average molecular weight is 447 g/mol. The van der Waals surface area contributed by atoms with Crippen molar-refractivity contribution in [2.24, 2.45) is 4.99 Å². The van der Waals surface area contributed by atoms with Crippen LogP contribution in [0.5, 0.6) is 0 Å². The SMILES string of the molecule is O=C(/C=C/c1ccc(CN(CCc2cnc3ccccc3c2)CC2=NCCS2)cc1)NO. The Morgan fingerprint density at radius 3 is 2.75 bits per heavy atom. The number of rotatable bonds is 9. The molecule has 0 radical (unpaired) electrons. The summed E-state index contributed by atoms with van der Waals surface area (Å²) in [5.41, 5.74) is 5.96. The van der Waals surface area contributed by atoms with E-state index in [1.807, 2.05) is 48.3 Å². The maximum atomic E-state index is 11.2. The summed E-state index contributed by atoms with van der Waals surface area (Å²) in [6.45, 7) is 3.49. The summed E-state index contributed by atoms with van der Waals surface area (Å²) in [7, 11) is 0. The number of nitrogens with one attached hydrogen (secondary N) is 1. The van der Waals surface area contributed by atoms with E-state index in [9.17, 15) is 4.79 Å². The second-order valence-electron chi connectivity index (χ2n) is 7.67. The summed E-state index contributed by atoms with van der Waals surface area (Å²) < 4.78 is 0. The number of carbonyl (C=O) groups is 1. The number of hydrogen-bond acceptors (Lipinski definition) is 6. The van der Waals surface area contributed by atoms with Crippen LogP contribution in [0.2, 0.25) is 0 Å². The fourth-order valence-electron chi connectivity index (χ4n) is 3.62. The van der Waals surface area contributed by atoms with Gasteiger partial charge in [0.15, 0.2) is 0 Å². The van der Waals surface area contributed by atoms with Crippen molar-refractivity contribution in [3.63, 3.8) is 0 Å². The fraction of sp³-hybridized carbons (Fsp3) is 0.240. The summed E-state index contributed by atoms with van der Waals surface area (Å²) in [6.07, 6.45) is 5.87. The number of para-hydroxylation sites is 1. The van der Waals surface area contributed by atoms with Gasteiger partial charge in [0.1, 0.15) is 0 Å². The van der Waals surface area contributed by atoms with Gasteiger partial charge in [-0.05, 0) is 41.3 Å². The van der Waals surface area contributed by atoms with Gasteiger partial charge in [0.25, 0.3) is 5.91 Å². The van der Waals surface area contributed by atoms with Gasteiger partial charge >= 0.3 is 0 Å². The molecule has 1 aliphatic rings. The molecule has 0 unspecified atom stereocenters. The second-order valence-corrected chi connectivity index (χ2v) is 8.84. The van der Waals surface area contributed by atoms with Crippen LogP contribution in [0.25, 0.3) is 17.0 Å². The molecule has 0 spiro atoms. The monoisotopic (exact) mass is 446 g/mol. The molecule has 0 saturated carbocycles. The van der Waals surface area contributed by atoms with Crippen molar-refractivity contribution in [1.82, 2.24) is 15.4 Å². The van der Waals surface area contributed by atoms with Crippen LogP contribution in [0.3, 0.4) is 0 Å². The van der Waals surface area contributed by atoms with Crippen LogP contribution >= 0.6 is 11.8 Å². The van der Waals surface area contributed by atoms with E-state index in [2.05, 4.69) is 39.1 Å².